The number of hydrogen-bond donors (Lipinski definition) is 0. The summed E-state index contributed by atoms with van der Waals surface area (Å²) in [5.41, 5.74) is 1.74. The highest BCUT2D eigenvalue weighted by molar-refractivity contribution is 9.10. The Kier molecular flexibility index (Phi) is 3.24. The lowest BCUT2D eigenvalue weighted by Crippen LogP contribution is -2.04. The molecule has 3 rings (SSSR count). The van der Waals surface area contributed by atoms with Crippen LogP contribution in [0.2, 0.25) is 0 Å². The van der Waals surface area contributed by atoms with E-state index in [4.69, 9.17) is 4.74 Å². The minimum absolute atomic E-state index is 0.0365. The smallest absolute Gasteiger partial charge is 0.283 e. The molecule has 2 aromatic heterocycles. The second-order valence-electron chi connectivity index (χ2n) is 4.55. The van der Waals surface area contributed by atoms with E-state index in [1.807, 2.05) is 19.9 Å². The van der Waals surface area contributed by atoms with Crippen LogP contribution in [0.4, 0.5) is 8.78 Å². The first-order valence-electron chi connectivity index (χ1n) is 6.24. The summed E-state index contributed by atoms with van der Waals surface area (Å²) in [6, 6.07) is 0. The van der Waals surface area contributed by atoms with Crippen molar-refractivity contribution in [3.63, 3.8) is 0 Å². The van der Waals surface area contributed by atoms with E-state index in [1.165, 1.54) is 4.52 Å². The first-order valence-corrected chi connectivity index (χ1v) is 7.04. The Hall–Kier alpha value is -1.50. The summed E-state index contributed by atoms with van der Waals surface area (Å²) in [6.45, 7) is 4.41. The van der Waals surface area contributed by atoms with Crippen molar-refractivity contribution < 1.29 is 13.5 Å². The quantitative estimate of drug-likeness (QED) is 0.847. The molecule has 0 amide bonds. The van der Waals surface area contributed by atoms with Gasteiger partial charge in [-0.1, -0.05) is 6.92 Å². The normalized spacial score (nSPS) is 17.7. The molecule has 1 aliphatic carbocycles. The van der Waals surface area contributed by atoms with Gasteiger partial charge in [-0.3, -0.25) is 0 Å². The molecule has 7 heteroatoms. The molecule has 20 heavy (non-hydrogen) atoms. The predicted molar refractivity (Wildman–Crippen MR) is 73.7 cm³/mol. The summed E-state index contributed by atoms with van der Waals surface area (Å²) in [6.07, 6.45) is 0.960. The fraction of sp³-hybridized carbons (Fsp3) is 0.385. The van der Waals surface area contributed by atoms with Crippen LogP contribution >= 0.6 is 15.9 Å². The molecule has 2 heterocycles. The molecule has 0 aliphatic heterocycles. The number of aromatic nitrogens is 3. The maximum atomic E-state index is 12.9. The number of nitrogens with zero attached hydrogens (tertiary/aromatic N) is 3. The summed E-state index contributed by atoms with van der Waals surface area (Å²) in [4.78, 5) is 4.22. The summed E-state index contributed by atoms with van der Waals surface area (Å²) in [7, 11) is 0. The number of allylic oxidation sites excluding steroid dienone is 1. The Labute approximate surface area is 122 Å². The Morgan fingerprint density at radius 1 is 1.50 bits per heavy atom. The maximum absolute atomic E-state index is 12.9. The van der Waals surface area contributed by atoms with Crippen molar-refractivity contribution in [2.45, 2.75) is 26.2 Å². The van der Waals surface area contributed by atoms with Crippen molar-refractivity contribution in [2.75, 3.05) is 6.61 Å². The monoisotopic (exact) mass is 343 g/mol. The van der Waals surface area contributed by atoms with Crippen molar-refractivity contribution in [1.82, 2.24) is 14.6 Å². The van der Waals surface area contributed by atoms with E-state index in [2.05, 4.69) is 26.0 Å². The zero-order chi connectivity index (χ0) is 14.4. The number of rotatable bonds is 3. The van der Waals surface area contributed by atoms with Crippen LogP contribution in [0, 0.1) is 0 Å². The molecule has 0 fully saturated rings. The Morgan fingerprint density at radius 3 is 2.90 bits per heavy atom. The molecule has 0 N–H and O–H groups in total. The third kappa shape index (κ3) is 1.83. The van der Waals surface area contributed by atoms with E-state index in [0.29, 0.717) is 12.3 Å². The molecular formula is C13H12BrF2N3O. The second kappa shape index (κ2) is 4.80. The van der Waals surface area contributed by atoms with Gasteiger partial charge in [0, 0.05) is 12.1 Å². The molecule has 1 unspecified atom stereocenters. The Bertz CT molecular complexity index is 711. The predicted octanol–water partition coefficient (Wildman–Crippen LogP) is 3.92. The van der Waals surface area contributed by atoms with Gasteiger partial charge in [0.1, 0.15) is 11.5 Å². The van der Waals surface area contributed by atoms with E-state index >= 15 is 0 Å². The van der Waals surface area contributed by atoms with Crippen LogP contribution in [0.3, 0.4) is 0 Å². The van der Waals surface area contributed by atoms with Crippen LogP contribution in [0.5, 0.6) is 0 Å². The van der Waals surface area contributed by atoms with Crippen LogP contribution < -0.4 is 0 Å². The number of ether oxygens (including phenoxy) is 1. The minimum atomic E-state index is -2.64. The van der Waals surface area contributed by atoms with Gasteiger partial charge in [-0.2, -0.15) is 5.10 Å². The second-order valence-corrected chi connectivity index (χ2v) is 5.34. The molecule has 0 bridgehead atoms. The van der Waals surface area contributed by atoms with Crippen LogP contribution in [0.25, 0.3) is 11.4 Å². The molecule has 2 aromatic rings. The maximum Gasteiger partial charge on any atom is 0.283 e. The minimum Gasteiger partial charge on any atom is -0.493 e. The average Bonchev–Trinajstić information content (AvgIpc) is 2.89. The number of alkyl halides is 2. The summed E-state index contributed by atoms with van der Waals surface area (Å²) >= 11 is 3.15. The van der Waals surface area contributed by atoms with Gasteiger partial charge in [-0.25, -0.2) is 18.3 Å². The Morgan fingerprint density at radius 2 is 2.25 bits per heavy atom. The average molecular weight is 344 g/mol. The van der Waals surface area contributed by atoms with E-state index in [0.717, 1.165) is 17.0 Å². The highest BCUT2D eigenvalue weighted by Crippen LogP contribution is 2.38. The third-order valence-electron chi connectivity index (χ3n) is 3.25. The highest BCUT2D eigenvalue weighted by Gasteiger charge is 2.28. The number of hydrogen-bond acceptors (Lipinski definition) is 3. The van der Waals surface area contributed by atoms with Gasteiger partial charge in [0.2, 0.25) is 0 Å². The molecule has 4 nitrogen and oxygen atoms in total. The highest BCUT2D eigenvalue weighted by atomic mass is 79.9. The van der Waals surface area contributed by atoms with E-state index in [9.17, 15) is 8.78 Å². The molecule has 1 aliphatic rings. The molecular weight excluding hydrogens is 332 g/mol. The topological polar surface area (TPSA) is 39.4 Å². The number of fused-ring (bicyclic) bond motifs is 3. The third-order valence-corrected chi connectivity index (χ3v) is 4.02. The molecule has 0 spiro atoms. The van der Waals surface area contributed by atoms with Gasteiger partial charge in [0.25, 0.3) is 6.43 Å². The van der Waals surface area contributed by atoms with Crippen LogP contribution in [-0.2, 0) is 4.74 Å². The van der Waals surface area contributed by atoms with Crippen LogP contribution in [0.1, 0.15) is 43.1 Å². The lowest BCUT2D eigenvalue weighted by atomic mass is 10.1. The van der Waals surface area contributed by atoms with Crippen molar-refractivity contribution in [3.05, 3.63) is 33.7 Å². The molecule has 0 saturated heterocycles. The van der Waals surface area contributed by atoms with Crippen LogP contribution in [0.15, 0.2) is 16.7 Å². The number of halogens is 3. The van der Waals surface area contributed by atoms with Crippen LogP contribution in [-0.4, -0.2) is 21.2 Å². The van der Waals surface area contributed by atoms with E-state index in [-0.39, 0.29) is 16.1 Å². The first kappa shape index (κ1) is 13.5. The zero-order valence-corrected chi connectivity index (χ0v) is 12.5. The van der Waals surface area contributed by atoms with Gasteiger partial charge in [-0.15, -0.1) is 0 Å². The SMILES string of the molecule is CCOC1=CC(C)c2c1cnc1c(Br)c(C(F)F)nn21. The van der Waals surface area contributed by atoms with Crippen molar-refractivity contribution in [2.24, 2.45) is 0 Å². The fourth-order valence-electron chi connectivity index (χ4n) is 2.44. The van der Waals surface area contributed by atoms with Crippen molar-refractivity contribution in [1.29, 1.82) is 0 Å². The lowest BCUT2D eigenvalue weighted by molar-refractivity contribution is 0.145. The van der Waals surface area contributed by atoms with Crippen molar-refractivity contribution in [3.8, 4) is 0 Å². The van der Waals surface area contributed by atoms with Gasteiger partial charge >= 0.3 is 0 Å². The van der Waals surface area contributed by atoms with Gasteiger partial charge in [-0.05, 0) is 28.9 Å². The molecule has 106 valence electrons. The first-order chi connectivity index (χ1) is 9.54. The summed E-state index contributed by atoms with van der Waals surface area (Å²) in [5, 5.41) is 4.00. The molecule has 1 atom stereocenters. The summed E-state index contributed by atoms with van der Waals surface area (Å²) < 4.78 is 33.2. The van der Waals surface area contributed by atoms with Gasteiger partial charge < -0.3 is 4.74 Å². The molecule has 0 radical (unpaired) electrons. The zero-order valence-electron chi connectivity index (χ0n) is 10.9. The van der Waals surface area contributed by atoms with Gasteiger partial charge in [0.15, 0.2) is 5.65 Å². The van der Waals surface area contributed by atoms with Crippen molar-refractivity contribution >= 4 is 27.3 Å². The summed E-state index contributed by atoms with van der Waals surface area (Å²) in [5.74, 6) is 0.768. The molecule has 0 aromatic carbocycles. The fourth-order valence-corrected chi connectivity index (χ4v) is 2.96. The standard InChI is InChI=1S/C13H12BrF2N3O/c1-3-20-8-4-6(2)11-7(8)5-17-13-9(14)10(12(15)16)18-19(11)13/h4-6,12H,3H2,1-2H3. The largest absolute Gasteiger partial charge is 0.493 e. The van der Waals surface area contributed by atoms with Gasteiger partial charge in [0.05, 0.1) is 22.3 Å². The van der Waals surface area contributed by atoms with E-state index in [1.54, 1.807) is 6.20 Å². The Balaban J connectivity index is 2.24. The lowest BCUT2D eigenvalue weighted by Gasteiger charge is -2.08. The van der Waals surface area contributed by atoms with E-state index < -0.39 is 6.43 Å². The molecule has 0 saturated carbocycles.